The molecule has 4 saturated carbocycles. The van der Waals surface area contributed by atoms with Crippen molar-refractivity contribution in [3.63, 3.8) is 0 Å². The molecule has 1 heterocycles. The summed E-state index contributed by atoms with van der Waals surface area (Å²) < 4.78 is 32.2. The Bertz CT molecular complexity index is 835. The van der Waals surface area contributed by atoms with Gasteiger partial charge in [0.1, 0.15) is 0 Å². The third kappa shape index (κ3) is 4.61. The molecule has 208 valence electrons. The summed E-state index contributed by atoms with van der Waals surface area (Å²) in [5.74, 6) is 1.94. The molecule has 0 amide bonds. The Morgan fingerprint density at radius 3 is 2.16 bits per heavy atom. The average molecular weight is 515 g/mol. The lowest BCUT2D eigenvalue weighted by atomic mass is 9.43. The van der Waals surface area contributed by atoms with Gasteiger partial charge in [-0.15, -0.1) is 19.7 Å². The number of ether oxygens (including phenoxy) is 5. The second-order valence-corrected chi connectivity index (χ2v) is 13.0. The number of hydrogen-bond acceptors (Lipinski definition) is 5. The lowest BCUT2D eigenvalue weighted by Gasteiger charge is -2.65. The minimum atomic E-state index is -0.536. The second-order valence-electron chi connectivity index (χ2n) is 13.0. The molecule has 1 saturated heterocycles. The third-order valence-electron chi connectivity index (χ3n) is 11.5. The van der Waals surface area contributed by atoms with Gasteiger partial charge in [0.2, 0.25) is 0 Å². The summed E-state index contributed by atoms with van der Waals surface area (Å²) >= 11 is 0. The van der Waals surface area contributed by atoms with E-state index in [1.807, 2.05) is 18.2 Å². The molecule has 5 aliphatic rings. The molecule has 0 aromatic rings. The Hall–Kier alpha value is -0.980. The van der Waals surface area contributed by atoms with Crippen LogP contribution in [0.4, 0.5) is 0 Å². The molecule has 4 aliphatic carbocycles. The Balaban J connectivity index is 1.50. The molecule has 1 aliphatic heterocycles. The molecule has 5 heteroatoms. The fourth-order valence-corrected chi connectivity index (χ4v) is 9.83. The van der Waals surface area contributed by atoms with Gasteiger partial charge in [-0.2, -0.15) is 0 Å². The van der Waals surface area contributed by atoms with Gasteiger partial charge in [0.15, 0.2) is 5.79 Å². The van der Waals surface area contributed by atoms with Crippen LogP contribution in [0.5, 0.6) is 0 Å². The monoisotopic (exact) mass is 514 g/mol. The van der Waals surface area contributed by atoms with Crippen LogP contribution in [0.2, 0.25) is 0 Å². The number of hydrogen-bond donors (Lipinski definition) is 0. The van der Waals surface area contributed by atoms with Crippen LogP contribution in [0.1, 0.15) is 65.7 Å². The van der Waals surface area contributed by atoms with Crippen molar-refractivity contribution >= 4 is 0 Å². The van der Waals surface area contributed by atoms with Gasteiger partial charge in [-0.3, -0.25) is 0 Å². The maximum absolute atomic E-state index is 6.73. The summed E-state index contributed by atoms with van der Waals surface area (Å²) in [6, 6.07) is 0. The maximum Gasteiger partial charge on any atom is 0.169 e. The highest BCUT2D eigenvalue weighted by molar-refractivity contribution is 5.16. The first-order valence-electron chi connectivity index (χ1n) is 14.8. The largest absolute Gasteiger partial charge is 0.374 e. The van der Waals surface area contributed by atoms with Crippen molar-refractivity contribution in [3.8, 4) is 0 Å². The highest BCUT2D eigenvalue weighted by Gasteiger charge is 2.69. The summed E-state index contributed by atoms with van der Waals surface area (Å²) in [4.78, 5) is 0. The number of rotatable bonds is 10. The lowest BCUT2D eigenvalue weighted by Crippen LogP contribution is -2.64. The van der Waals surface area contributed by atoms with Crippen molar-refractivity contribution in [2.45, 2.75) is 89.8 Å². The van der Waals surface area contributed by atoms with Gasteiger partial charge in [-0.05, 0) is 81.0 Å². The SMILES string of the molecule is C=CCO[C@H]1CC[C@@]2(C)[C@@H](C1)C[C@@H](OCC=C)[C@@H]1[C@@H]2C[C@H](OCC=C)[C@]2(C)[C@@H](C3(C)OCCO3)CC[C@@H]12. The zero-order valence-corrected chi connectivity index (χ0v) is 23.5. The third-order valence-corrected chi connectivity index (χ3v) is 11.5. The zero-order chi connectivity index (χ0) is 26.3. The molecule has 5 nitrogen and oxygen atoms in total. The van der Waals surface area contributed by atoms with E-state index < -0.39 is 5.79 Å². The van der Waals surface area contributed by atoms with Gasteiger partial charge < -0.3 is 23.7 Å². The Morgan fingerprint density at radius 2 is 1.46 bits per heavy atom. The average Bonchev–Trinajstić information content (AvgIpc) is 3.49. The quantitative estimate of drug-likeness (QED) is 0.318. The van der Waals surface area contributed by atoms with E-state index in [0.717, 1.165) is 32.1 Å². The van der Waals surface area contributed by atoms with Crippen molar-refractivity contribution in [1.82, 2.24) is 0 Å². The molecular formula is C32H50O5. The van der Waals surface area contributed by atoms with Crippen LogP contribution < -0.4 is 0 Å². The van der Waals surface area contributed by atoms with Crippen LogP contribution in [0.15, 0.2) is 38.0 Å². The van der Waals surface area contributed by atoms with E-state index in [0.29, 0.717) is 68.7 Å². The normalized spacial score (nSPS) is 46.5. The number of fused-ring (bicyclic) bond motifs is 5. The fraction of sp³-hybridized carbons (Fsp3) is 0.812. The van der Waals surface area contributed by atoms with Gasteiger partial charge in [0.05, 0.1) is 51.3 Å². The van der Waals surface area contributed by atoms with E-state index in [9.17, 15) is 0 Å². The molecule has 5 fully saturated rings. The molecule has 0 aromatic carbocycles. The zero-order valence-electron chi connectivity index (χ0n) is 23.5. The predicted molar refractivity (Wildman–Crippen MR) is 146 cm³/mol. The first-order chi connectivity index (χ1) is 17.8. The topological polar surface area (TPSA) is 46.2 Å². The smallest absolute Gasteiger partial charge is 0.169 e. The highest BCUT2D eigenvalue weighted by atomic mass is 16.7. The van der Waals surface area contributed by atoms with Crippen LogP contribution in [-0.4, -0.2) is 57.1 Å². The van der Waals surface area contributed by atoms with Crippen molar-refractivity contribution < 1.29 is 23.7 Å². The van der Waals surface area contributed by atoms with Crippen molar-refractivity contribution in [1.29, 1.82) is 0 Å². The summed E-state index contributed by atoms with van der Waals surface area (Å²) in [5.41, 5.74) is 0.235. The van der Waals surface area contributed by atoms with Crippen LogP contribution >= 0.6 is 0 Å². The van der Waals surface area contributed by atoms with Gasteiger partial charge in [-0.1, -0.05) is 32.1 Å². The van der Waals surface area contributed by atoms with Crippen molar-refractivity contribution in [2.24, 2.45) is 40.4 Å². The van der Waals surface area contributed by atoms with Crippen LogP contribution in [0.3, 0.4) is 0 Å². The van der Waals surface area contributed by atoms with Gasteiger partial charge >= 0.3 is 0 Å². The van der Waals surface area contributed by atoms with E-state index in [4.69, 9.17) is 23.7 Å². The second kappa shape index (κ2) is 10.9. The van der Waals surface area contributed by atoms with Crippen molar-refractivity contribution in [2.75, 3.05) is 33.0 Å². The summed E-state index contributed by atoms with van der Waals surface area (Å²) in [6.07, 6.45) is 14.3. The van der Waals surface area contributed by atoms with Gasteiger partial charge in [0, 0.05) is 11.3 Å². The van der Waals surface area contributed by atoms with Crippen molar-refractivity contribution in [3.05, 3.63) is 38.0 Å². The Kier molecular flexibility index (Phi) is 8.11. The highest BCUT2D eigenvalue weighted by Crippen LogP contribution is 2.70. The molecule has 0 aromatic heterocycles. The molecule has 0 spiro atoms. The first-order valence-corrected chi connectivity index (χ1v) is 14.8. The summed E-state index contributed by atoms with van der Waals surface area (Å²) in [6.45, 7) is 22.2. The molecule has 0 unspecified atom stereocenters. The molecule has 10 atom stereocenters. The van der Waals surface area contributed by atoms with Gasteiger partial charge in [0.25, 0.3) is 0 Å². The van der Waals surface area contributed by atoms with E-state index in [1.54, 1.807) is 0 Å². The Labute approximate surface area is 225 Å². The van der Waals surface area contributed by atoms with E-state index in [2.05, 4.69) is 40.5 Å². The molecule has 0 radical (unpaired) electrons. The summed E-state index contributed by atoms with van der Waals surface area (Å²) in [7, 11) is 0. The first kappa shape index (κ1) is 27.6. The predicted octanol–water partition coefficient (Wildman–Crippen LogP) is 6.34. The molecular weight excluding hydrogens is 464 g/mol. The lowest BCUT2D eigenvalue weighted by molar-refractivity contribution is -0.260. The minimum Gasteiger partial charge on any atom is -0.374 e. The van der Waals surface area contributed by atoms with E-state index >= 15 is 0 Å². The summed E-state index contributed by atoms with van der Waals surface area (Å²) in [5, 5.41) is 0. The minimum absolute atomic E-state index is 0.0352. The van der Waals surface area contributed by atoms with E-state index in [1.165, 1.54) is 12.8 Å². The Morgan fingerprint density at radius 1 is 0.784 bits per heavy atom. The maximum atomic E-state index is 6.73. The molecule has 0 bridgehead atoms. The van der Waals surface area contributed by atoms with Crippen LogP contribution in [0, 0.1) is 40.4 Å². The molecule has 5 rings (SSSR count). The van der Waals surface area contributed by atoms with Gasteiger partial charge in [-0.25, -0.2) is 0 Å². The van der Waals surface area contributed by atoms with Crippen LogP contribution in [-0.2, 0) is 23.7 Å². The fourth-order valence-electron chi connectivity index (χ4n) is 9.83. The molecule has 0 N–H and O–H groups in total. The standard InChI is InChI=1S/C32H50O5/c1-7-14-33-23-12-13-30(4)22(19-23)20-26(34-15-8-2)29-24-10-11-27(32(6)36-17-18-37-32)31(24,5)28(21-25(29)30)35-16-9-3/h7-9,22-29H,1-3,10-21H2,4-6H3/t22-,23-,24-,25-,26+,27-,28-,29-,30-,31-/m0/s1. The van der Waals surface area contributed by atoms with Crippen LogP contribution in [0.25, 0.3) is 0 Å². The van der Waals surface area contributed by atoms with E-state index in [-0.39, 0.29) is 23.0 Å². The molecule has 37 heavy (non-hydrogen) atoms.